The highest BCUT2D eigenvalue weighted by molar-refractivity contribution is 5.97. The van der Waals surface area contributed by atoms with Crippen LogP contribution in [0.15, 0.2) is 12.1 Å². The number of nitro benzene ring substituents is 1. The second kappa shape index (κ2) is 5.51. The molecule has 0 spiro atoms. The number of hydrogen-bond acceptors (Lipinski definition) is 4. The lowest BCUT2D eigenvalue weighted by molar-refractivity contribution is -0.385. The van der Waals surface area contributed by atoms with Gasteiger partial charge in [-0.05, 0) is 31.9 Å². The van der Waals surface area contributed by atoms with Crippen LogP contribution in [-0.2, 0) is 4.79 Å². The van der Waals surface area contributed by atoms with Gasteiger partial charge < -0.3 is 10.0 Å². The van der Waals surface area contributed by atoms with Crippen molar-refractivity contribution in [3.05, 3.63) is 38.9 Å². The maximum Gasteiger partial charge on any atom is 0.308 e. The molecule has 1 aliphatic rings. The Balaban J connectivity index is 2.30. The molecule has 1 atom stereocenters. The molecule has 1 aliphatic heterocycles. The van der Waals surface area contributed by atoms with Gasteiger partial charge in [-0.15, -0.1) is 0 Å². The number of likely N-dealkylation sites (tertiary alicyclic amines) is 1. The number of carboxylic acids is 1. The van der Waals surface area contributed by atoms with Crippen LogP contribution in [0.3, 0.4) is 0 Å². The van der Waals surface area contributed by atoms with E-state index in [1.54, 1.807) is 19.9 Å². The van der Waals surface area contributed by atoms with Crippen molar-refractivity contribution in [3.8, 4) is 0 Å². The van der Waals surface area contributed by atoms with Crippen LogP contribution in [0.4, 0.5) is 5.69 Å². The molecule has 1 aromatic carbocycles. The van der Waals surface area contributed by atoms with E-state index in [4.69, 9.17) is 5.11 Å². The fraction of sp³-hybridized carbons (Fsp3) is 0.429. The maximum atomic E-state index is 12.4. The van der Waals surface area contributed by atoms with Crippen LogP contribution in [0, 0.1) is 29.9 Å². The number of aryl methyl sites for hydroxylation is 2. The van der Waals surface area contributed by atoms with E-state index >= 15 is 0 Å². The van der Waals surface area contributed by atoms with Gasteiger partial charge in [0.1, 0.15) is 0 Å². The molecule has 7 heteroatoms. The molecule has 112 valence electrons. The zero-order chi connectivity index (χ0) is 15.7. The van der Waals surface area contributed by atoms with E-state index in [-0.39, 0.29) is 23.7 Å². The highest BCUT2D eigenvalue weighted by atomic mass is 16.6. The Morgan fingerprint density at radius 2 is 2.00 bits per heavy atom. The molecule has 0 bridgehead atoms. The number of rotatable bonds is 3. The molecule has 0 aromatic heterocycles. The quantitative estimate of drug-likeness (QED) is 0.675. The smallest absolute Gasteiger partial charge is 0.308 e. The number of carbonyl (C=O) groups is 2. The molecule has 21 heavy (non-hydrogen) atoms. The van der Waals surface area contributed by atoms with Crippen LogP contribution in [0.25, 0.3) is 0 Å². The van der Waals surface area contributed by atoms with Crippen molar-refractivity contribution < 1.29 is 19.6 Å². The third-order valence-electron chi connectivity index (χ3n) is 3.79. The summed E-state index contributed by atoms with van der Waals surface area (Å²) in [5.41, 5.74) is 1.32. The summed E-state index contributed by atoms with van der Waals surface area (Å²) in [5, 5.41) is 19.9. The first-order valence-electron chi connectivity index (χ1n) is 6.59. The molecular weight excluding hydrogens is 276 g/mol. The highest BCUT2D eigenvalue weighted by Gasteiger charge is 2.32. The van der Waals surface area contributed by atoms with Gasteiger partial charge in [0.05, 0.1) is 10.8 Å². The third-order valence-corrected chi connectivity index (χ3v) is 3.79. The summed E-state index contributed by atoms with van der Waals surface area (Å²) in [4.78, 5) is 35.3. The average molecular weight is 292 g/mol. The van der Waals surface area contributed by atoms with Crippen molar-refractivity contribution >= 4 is 17.6 Å². The second-order valence-electron chi connectivity index (χ2n) is 5.29. The lowest BCUT2D eigenvalue weighted by atomic mass is 10.0. The van der Waals surface area contributed by atoms with Gasteiger partial charge in [-0.1, -0.05) is 0 Å². The molecule has 1 heterocycles. The average Bonchev–Trinajstić information content (AvgIpc) is 2.87. The van der Waals surface area contributed by atoms with Crippen molar-refractivity contribution in [2.45, 2.75) is 20.3 Å². The minimum Gasteiger partial charge on any atom is -0.481 e. The number of nitro groups is 1. The fourth-order valence-corrected chi connectivity index (χ4v) is 2.58. The first-order valence-corrected chi connectivity index (χ1v) is 6.59. The first-order chi connectivity index (χ1) is 9.81. The molecule has 1 unspecified atom stereocenters. The van der Waals surface area contributed by atoms with Crippen molar-refractivity contribution in [2.75, 3.05) is 13.1 Å². The normalized spacial score (nSPS) is 17.8. The summed E-state index contributed by atoms with van der Waals surface area (Å²) in [7, 11) is 0. The summed E-state index contributed by atoms with van der Waals surface area (Å²) in [6, 6.07) is 2.89. The molecule has 1 saturated heterocycles. The van der Waals surface area contributed by atoms with E-state index in [9.17, 15) is 19.7 Å². The Kier molecular flexibility index (Phi) is 3.93. The lowest BCUT2D eigenvalue weighted by Gasteiger charge is -2.17. The van der Waals surface area contributed by atoms with Gasteiger partial charge in [0.2, 0.25) is 0 Å². The van der Waals surface area contributed by atoms with Gasteiger partial charge >= 0.3 is 5.97 Å². The van der Waals surface area contributed by atoms with Crippen LogP contribution < -0.4 is 0 Å². The Bertz CT molecular complexity index is 626. The SMILES string of the molecule is Cc1cc(C)c([N+](=O)[O-])cc1C(=O)N1CCC(C(=O)O)C1. The molecule has 1 N–H and O–H groups in total. The Labute approximate surface area is 121 Å². The van der Waals surface area contributed by atoms with Crippen molar-refractivity contribution in [1.82, 2.24) is 4.90 Å². The number of carbonyl (C=O) groups excluding carboxylic acids is 1. The number of nitrogens with zero attached hydrogens (tertiary/aromatic N) is 2. The van der Waals surface area contributed by atoms with Gasteiger partial charge in [0.25, 0.3) is 11.6 Å². The van der Waals surface area contributed by atoms with E-state index in [0.29, 0.717) is 24.1 Å². The predicted molar refractivity (Wildman–Crippen MR) is 74.2 cm³/mol. The highest BCUT2D eigenvalue weighted by Crippen LogP contribution is 2.26. The molecule has 0 aliphatic carbocycles. The van der Waals surface area contributed by atoms with E-state index in [1.165, 1.54) is 11.0 Å². The summed E-state index contributed by atoms with van der Waals surface area (Å²) in [5.74, 6) is -1.83. The Morgan fingerprint density at radius 1 is 1.33 bits per heavy atom. The van der Waals surface area contributed by atoms with Gasteiger partial charge in [-0.25, -0.2) is 0 Å². The third kappa shape index (κ3) is 2.86. The van der Waals surface area contributed by atoms with Gasteiger partial charge in [0, 0.05) is 30.3 Å². The van der Waals surface area contributed by atoms with E-state index in [0.717, 1.165) is 0 Å². The summed E-state index contributed by atoms with van der Waals surface area (Å²) in [6.07, 6.45) is 0.411. The van der Waals surface area contributed by atoms with Gasteiger partial charge in [-0.2, -0.15) is 0 Å². The molecule has 2 rings (SSSR count). The second-order valence-corrected chi connectivity index (χ2v) is 5.29. The predicted octanol–water partition coefficient (Wildman–Crippen LogP) is 1.76. The summed E-state index contributed by atoms with van der Waals surface area (Å²) < 4.78 is 0. The fourth-order valence-electron chi connectivity index (χ4n) is 2.58. The van der Waals surface area contributed by atoms with Gasteiger partial charge in [-0.3, -0.25) is 19.7 Å². The Hall–Kier alpha value is -2.44. The van der Waals surface area contributed by atoms with Crippen LogP contribution in [0.5, 0.6) is 0 Å². The zero-order valence-corrected chi connectivity index (χ0v) is 11.8. The summed E-state index contributed by atoms with van der Waals surface area (Å²) >= 11 is 0. The van der Waals surface area contributed by atoms with Crippen molar-refractivity contribution in [1.29, 1.82) is 0 Å². The van der Waals surface area contributed by atoms with Crippen molar-refractivity contribution in [2.24, 2.45) is 5.92 Å². The monoisotopic (exact) mass is 292 g/mol. The number of carboxylic acid groups (broad SMARTS) is 1. The number of aliphatic carboxylic acids is 1. The maximum absolute atomic E-state index is 12.4. The number of amides is 1. The minimum absolute atomic E-state index is 0.0991. The first kappa shape index (κ1) is 15.0. The number of hydrogen-bond donors (Lipinski definition) is 1. The van der Waals surface area contributed by atoms with E-state index in [2.05, 4.69) is 0 Å². The molecule has 1 amide bonds. The minimum atomic E-state index is -0.920. The van der Waals surface area contributed by atoms with E-state index in [1.807, 2.05) is 0 Å². The molecule has 1 aromatic rings. The molecule has 7 nitrogen and oxygen atoms in total. The number of benzene rings is 1. The molecule has 0 saturated carbocycles. The standard InChI is InChI=1S/C14H16N2O5/c1-8-5-9(2)12(16(20)21)6-11(8)13(17)15-4-3-10(7-15)14(18)19/h5-6,10H,3-4,7H2,1-2H3,(H,18,19). The van der Waals surface area contributed by atoms with E-state index < -0.39 is 16.8 Å². The molecule has 1 fully saturated rings. The lowest BCUT2D eigenvalue weighted by Crippen LogP contribution is -2.30. The van der Waals surface area contributed by atoms with Crippen LogP contribution >= 0.6 is 0 Å². The van der Waals surface area contributed by atoms with Crippen molar-refractivity contribution in [3.63, 3.8) is 0 Å². The van der Waals surface area contributed by atoms with Crippen LogP contribution in [-0.4, -0.2) is 39.9 Å². The Morgan fingerprint density at radius 3 is 2.52 bits per heavy atom. The summed E-state index contributed by atoms with van der Waals surface area (Å²) in [6.45, 7) is 3.84. The van der Waals surface area contributed by atoms with Crippen LogP contribution in [0.2, 0.25) is 0 Å². The van der Waals surface area contributed by atoms with Gasteiger partial charge in [0.15, 0.2) is 0 Å². The largest absolute Gasteiger partial charge is 0.481 e. The zero-order valence-electron chi connectivity index (χ0n) is 11.8. The molecule has 0 radical (unpaired) electrons. The topological polar surface area (TPSA) is 101 Å². The van der Waals surface area contributed by atoms with Crippen LogP contribution in [0.1, 0.15) is 27.9 Å². The molecular formula is C14H16N2O5.